The summed E-state index contributed by atoms with van der Waals surface area (Å²) in [4.78, 5) is 4.22. The van der Waals surface area contributed by atoms with Crippen LogP contribution in [0.4, 0.5) is 13.2 Å². The molecule has 0 unspecified atom stereocenters. The van der Waals surface area contributed by atoms with Crippen LogP contribution >= 0.6 is 0 Å². The molecule has 7 heteroatoms. The second kappa shape index (κ2) is 7.06. The van der Waals surface area contributed by atoms with Gasteiger partial charge in [-0.15, -0.1) is 0 Å². The molecule has 0 aromatic carbocycles. The third kappa shape index (κ3) is 5.11. The number of hydrogen-bond donors (Lipinski definition) is 1. The van der Waals surface area contributed by atoms with Gasteiger partial charge in [0.15, 0.2) is 5.82 Å². The predicted octanol–water partition coefficient (Wildman–Crippen LogP) is 3.55. The highest BCUT2D eigenvalue weighted by Gasteiger charge is 2.26. The topological polar surface area (TPSA) is 51.0 Å². The monoisotopic (exact) mass is 291 g/mol. The summed E-state index contributed by atoms with van der Waals surface area (Å²) >= 11 is 0. The first-order chi connectivity index (χ1) is 9.54. The fourth-order valence-electron chi connectivity index (χ4n) is 2.53. The molecule has 2 rings (SSSR count). The fourth-order valence-corrected chi connectivity index (χ4v) is 2.53. The molecule has 1 heterocycles. The predicted molar refractivity (Wildman–Crippen MR) is 67.1 cm³/mol. The average Bonchev–Trinajstić information content (AvgIpc) is 2.75. The van der Waals surface area contributed by atoms with Gasteiger partial charge in [0, 0.05) is 5.92 Å². The molecule has 1 saturated carbocycles. The van der Waals surface area contributed by atoms with Gasteiger partial charge in [0.2, 0.25) is 5.89 Å². The SMILES string of the molecule is FC(F)(F)CNCc1nc(C2CCCCCCC2)no1. The summed E-state index contributed by atoms with van der Waals surface area (Å²) in [6, 6.07) is 0. The van der Waals surface area contributed by atoms with E-state index in [1.54, 1.807) is 0 Å². The van der Waals surface area contributed by atoms with Crippen molar-refractivity contribution in [3.63, 3.8) is 0 Å². The average molecular weight is 291 g/mol. The smallest absolute Gasteiger partial charge is 0.338 e. The van der Waals surface area contributed by atoms with E-state index in [-0.39, 0.29) is 18.4 Å². The van der Waals surface area contributed by atoms with Gasteiger partial charge in [-0.2, -0.15) is 18.2 Å². The zero-order valence-electron chi connectivity index (χ0n) is 11.4. The van der Waals surface area contributed by atoms with Crippen molar-refractivity contribution in [2.24, 2.45) is 0 Å². The number of rotatable bonds is 4. The molecule has 114 valence electrons. The minimum atomic E-state index is -4.22. The zero-order chi connectivity index (χ0) is 14.4. The Morgan fingerprint density at radius 2 is 1.75 bits per heavy atom. The van der Waals surface area contributed by atoms with Crippen molar-refractivity contribution in [1.82, 2.24) is 15.5 Å². The summed E-state index contributed by atoms with van der Waals surface area (Å²) in [5.41, 5.74) is 0. The Morgan fingerprint density at radius 3 is 2.40 bits per heavy atom. The Balaban J connectivity index is 1.84. The number of nitrogens with zero attached hydrogens (tertiary/aromatic N) is 2. The van der Waals surface area contributed by atoms with Crippen LogP contribution in [-0.2, 0) is 6.54 Å². The van der Waals surface area contributed by atoms with Crippen LogP contribution in [0.3, 0.4) is 0 Å². The van der Waals surface area contributed by atoms with Gasteiger partial charge in [-0.25, -0.2) is 0 Å². The maximum atomic E-state index is 12.0. The lowest BCUT2D eigenvalue weighted by Gasteiger charge is -2.15. The van der Waals surface area contributed by atoms with Crippen LogP contribution in [0.1, 0.15) is 62.6 Å². The molecule has 20 heavy (non-hydrogen) atoms. The van der Waals surface area contributed by atoms with E-state index in [1.807, 2.05) is 0 Å². The number of aromatic nitrogens is 2. The summed E-state index contributed by atoms with van der Waals surface area (Å²) in [5.74, 6) is 1.16. The van der Waals surface area contributed by atoms with Gasteiger partial charge in [0.05, 0.1) is 13.1 Å². The molecular weight excluding hydrogens is 271 g/mol. The molecule has 0 amide bonds. The standard InChI is InChI=1S/C13H20F3N3O/c14-13(15,16)9-17-8-11-18-12(19-20-11)10-6-4-2-1-3-5-7-10/h10,17H,1-9H2. The van der Waals surface area contributed by atoms with Gasteiger partial charge in [0.25, 0.3) is 0 Å². The maximum Gasteiger partial charge on any atom is 0.401 e. The third-order valence-corrected chi connectivity index (χ3v) is 3.56. The van der Waals surface area contributed by atoms with E-state index in [2.05, 4.69) is 15.5 Å². The van der Waals surface area contributed by atoms with E-state index in [4.69, 9.17) is 4.52 Å². The summed E-state index contributed by atoms with van der Waals surface area (Å²) in [6.45, 7) is -1.09. The molecule has 0 radical (unpaired) electrons. The summed E-state index contributed by atoms with van der Waals surface area (Å²) in [5, 5.41) is 6.18. The van der Waals surface area contributed by atoms with Gasteiger partial charge in [-0.05, 0) is 12.8 Å². The normalized spacial score (nSPS) is 18.8. The van der Waals surface area contributed by atoms with Crippen LogP contribution in [0, 0.1) is 0 Å². The van der Waals surface area contributed by atoms with Crippen LogP contribution in [0.15, 0.2) is 4.52 Å². The van der Waals surface area contributed by atoms with Crippen molar-refractivity contribution in [1.29, 1.82) is 0 Å². The molecule has 1 aromatic rings. The fraction of sp³-hybridized carbons (Fsp3) is 0.846. The first-order valence-electron chi connectivity index (χ1n) is 7.14. The van der Waals surface area contributed by atoms with Crippen molar-refractivity contribution >= 4 is 0 Å². The van der Waals surface area contributed by atoms with E-state index in [0.717, 1.165) is 25.7 Å². The Bertz CT molecular complexity index is 398. The zero-order valence-corrected chi connectivity index (χ0v) is 11.4. The molecule has 1 aromatic heterocycles. The molecule has 0 saturated heterocycles. The molecule has 0 atom stereocenters. The minimum Gasteiger partial charge on any atom is -0.338 e. The van der Waals surface area contributed by atoms with Gasteiger partial charge < -0.3 is 9.84 Å². The van der Waals surface area contributed by atoms with Crippen LogP contribution in [-0.4, -0.2) is 22.9 Å². The van der Waals surface area contributed by atoms with E-state index in [0.29, 0.717) is 5.82 Å². The minimum absolute atomic E-state index is 0.0424. The number of halogens is 3. The van der Waals surface area contributed by atoms with E-state index >= 15 is 0 Å². The first-order valence-corrected chi connectivity index (χ1v) is 7.14. The van der Waals surface area contributed by atoms with Crippen LogP contribution in [0.25, 0.3) is 0 Å². The van der Waals surface area contributed by atoms with Gasteiger partial charge in [-0.3, -0.25) is 0 Å². The number of alkyl halides is 3. The van der Waals surface area contributed by atoms with Crippen molar-refractivity contribution < 1.29 is 17.7 Å². The lowest BCUT2D eigenvalue weighted by Crippen LogP contribution is -2.28. The molecule has 1 N–H and O–H groups in total. The van der Waals surface area contributed by atoms with Gasteiger partial charge in [0.1, 0.15) is 0 Å². The van der Waals surface area contributed by atoms with E-state index in [1.165, 1.54) is 19.3 Å². The molecule has 4 nitrogen and oxygen atoms in total. The molecule has 0 bridgehead atoms. The lowest BCUT2D eigenvalue weighted by molar-refractivity contribution is -0.125. The van der Waals surface area contributed by atoms with Gasteiger partial charge in [-0.1, -0.05) is 37.3 Å². The Morgan fingerprint density at radius 1 is 1.10 bits per heavy atom. The maximum absolute atomic E-state index is 12.0. The molecule has 0 spiro atoms. The van der Waals surface area contributed by atoms with E-state index < -0.39 is 12.7 Å². The van der Waals surface area contributed by atoms with E-state index in [9.17, 15) is 13.2 Å². The Labute approximate surface area is 116 Å². The first kappa shape index (κ1) is 15.3. The Kier molecular flexibility index (Phi) is 5.39. The molecular formula is C13H20F3N3O. The molecule has 1 fully saturated rings. The van der Waals surface area contributed by atoms with Crippen molar-refractivity contribution in [3.8, 4) is 0 Å². The van der Waals surface area contributed by atoms with Crippen molar-refractivity contribution in [2.45, 2.75) is 63.6 Å². The highest BCUT2D eigenvalue weighted by molar-refractivity contribution is 4.96. The second-order valence-electron chi connectivity index (χ2n) is 5.31. The molecule has 0 aliphatic heterocycles. The summed E-state index contributed by atoms with van der Waals surface area (Å²) in [7, 11) is 0. The highest BCUT2D eigenvalue weighted by Crippen LogP contribution is 2.29. The van der Waals surface area contributed by atoms with Crippen LogP contribution in [0.5, 0.6) is 0 Å². The highest BCUT2D eigenvalue weighted by atomic mass is 19.4. The van der Waals surface area contributed by atoms with Crippen molar-refractivity contribution in [3.05, 3.63) is 11.7 Å². The third-order valence-electron chi connectivity index (χ3n) is 3.56. The quantitative estimate of drug-likeness (QED) is 0.921. The largest absolute Gasteiger partial charge is 0.401 e. The lowest BCUT2D eigenvalue weighted by atomic mass is 9.91. The van der Waals surface area contributed by atoms with Gasteiger partial charge >= 0.3 is 6.18 Å². The van der Waals surface area contributed by atoms with Crippen LogP contribution in [0.2, 0.25) is 0 Å². The van der Waals surface area contributed by atoms with Crippen molar-refractivity contribution in [2.75, 3.05) is 6.54 Å². The summed E-state index contributed by atoms with van der Waals surface area (Å²) < 4.78 is 41.0. The molecule has 1 aliphatic carbocycles. The summed E-state index contributed by atoms with van der Waals surface area (Å²) in [6.07, 6.45) is 3.91. The number of nitrogens with one attached hydrogen (secondary N) is 1. The van der Waals surface area contributed by atoms with Crippen LogP contribution < -0.4 is 5.32 Å². The molecule has 1 aliphatic rings. The number of hydrogen-bond acceptors (Lipinski definition) is 4. The second-order valence-corrected chi connectivity index (χ2v) is 5.31. The Hall–Kier alpha value is -1.11.